The summed E-state index contributed by atoms with van der Waals surface area (Å²) in [6.45, 7) is 1.16. The Balaban J connectivity index is 1.46. The quantitative estimate of drug-likeness (QED) is 0.870. The molecule has 0 bridgehead atoms. The molecule has 6 heteroatoms. The third kappa shape index (κ3) is 2.71. The predicted molar refractivity (Wildman–Crippen MR) is 75.3 cm³/mol. The molecule has 5 nitrogen and oxygen atoms in total. The average Bonchev–Trinajstić information content (AvgIpc) is 3.20. The molecule has 1 aliphatic heterocycles. The van der Waals surface area contributed by atoms with Crippen LogP contribution < -0.4 is 5.32 Å². The number of nitrogens with one attached hydrogen (secondary N) is 1. The van der Waals surface area contributed by atoms with Gasteiger partial charge in [-0.25, -0.2) is 8.42 Å². The highest BCUT2D eigenvalue weighted by molar-refractivity contribution is 7.90. The second-order valence-corrected chi connectivity index (χ2v) is 7.67. The Bertz CT molecular complexity index is 590. The van der Waals surface area contributed by atoms with Crippen LogP contribution in [-0.2, 0) is 21.4 Å². The van der Waals surface area contributed by atoms with Crippen molar-refractivity contribution < 1.29 is 13.2 Å². The van der Waals surface area contributed by atoms with Gasteiger partial charge in [-0.1, -0.05) is 30.3 Å². The molecule has 108 valence electrons. The fourth-order valence-electron chi connectivity index (χ4n) is 2.32. The summed E-state index contributed by atoms with van der Waals surface area (Å²) in [6.07, 6.45) is 1.54. The van der Waals surface area contributed by atoms with Crippen molar-refractivity contribution in [1.29, 1.82) is 0 Å². The van der Waals surface area contributed by atoms with E-state index in [4.69, 9.17) is 0 Å². The molecule has 2 fully saturated rings. The molecule has 0 spiro atoms. The van der Waals surface area contributed by atoms with E-state index in [1.165, 1.54) is 4.31 Å². The zero-order chi connectivity index (χ0) is 14.2. The van der Waals surface area contributed by atoms with Gasteiger partial charge in [0.05, 0.1) is 11.2 Å². The van der Waals surface area contributed by atoms with Gasteiger partial charge < -0.3 is 5.32 Å². The third-order valence-electron chi connectivity index (χ3n) is 3.83. The zero-order valence-corrected chi connectivity index (χ0v) is 12.0. The summed E-state index contributed by atoms with van der Waals surface area (Å²) in [5.41, 5.74) is 1.04. The molecule has 0 radical (unpaired) electrons. The maximum absolute atomic E-state index is 11.9. The molecule has 2 aliphatic rings. The van der Waals surface area contributed by atoms with Gasteiger partial charge in [0.25, 0.3) is 0 Å². The number of hydrogen-bond donors (Lipinski definition) is 1. The smallest absolute Gasteiger partial charge is 0.226 e. The number of carbonyl (C=O) groups excluding carboxylic acids is 1. The number of amides is 1. The van der Waals surface area contributed by atoms with Crippen LogP contribution in [0.2, 0.25) is 0 Å². The molecule has 1 saturated heterocycles. The lowest BCUT2D eigenvalue weighted by Crippen LogP contribution is -2.56. The highest BCUT2D eigenvalue weighted by Crippen LogP contribution is 2.34. The van der Waals surface area contributed by atoms with Crippen molar-refractivity contribution in [2.75, 3.05) is 13.1 Å². The highest BCUT2D eigenvalue weighted by Gasteiger charge is 2.46. The van der Waals surface area contributed by atoms with Crippen LogP contribution >= 0.6 is 0 Å². The lowest BCUT2D eigenvalue weighted by atomic mass is 10.0. The Hall–Kier alpha value is -1.40. The summed E-state index contributed by atoms with van der Waals surface area (Å²) < 4.78 is 25.3. The number of nitrogens with zero attached hydrogens (tertiary/aromatic N) is 1. The van der Waals surface area contributed by atoms with E-state index in [1.54, 1.807) is 0 Å². The van der Waals surface area contributed by atoms with E-state index in [9.17, 15) is 13.2 Å². The minimum Gasteiger partial charge on any atom is -0.352 e. The lowest BCUT2D eigenvalue weighted by Gasteiger charge is -2.37. The van der Waals surface area contributed by atoms with Crippen LogP contribution in [0.1, 0.15) is 18.4 Å². The summed E-state index contributed by atoms with van der Waals surface area (Å²) >= 11 is 0. The topological polar surface area (TPSA) is 66.5 Å². The molecule has 1 aromatic carbocycles. The predicted octanol–water partition coefficient (Wildman–Crippen LogP) is 0.727. The first kappa shape index (κ1) is 13.6. The summed E-state index contributed by atoms with van der Waals surface area (Å²) in [6, 6.07) is 9.68. The van der Waals surface area contributed by atoms with Gasteiger partial charge in [-0.15, -0.1) is 0 Å². The third-order valence-corrected chi connectivity index (χ3v) is 6.17. The number of sulfonamides is 1. The van der Waals surface area contributed by atoms with Gasteiger partial charge in [-0.3, -0.25) is 4.79 Å². The van der Waals surface area contributed by atoms with Gasteiger partial charge in [0.1, 0.15) is 0 Å². The van der Waals surface area contributed by atoms with Gasteiger partial charge in [0.15, 0.2) is 0 Å². The first-order chi connectivity index (χ1) is 9.57. The molecule has 1 heterocycles. The van der Waals surface area contributed by atoms with Crippen molar-refractivity contribution in [2.24, 2.45) is 5.92 Å². The molecule has 1 saturated carbocycles. The molecule has 1 N–H and O–H groups in total. The van der Waals surface area contributed by atoms with Crippen molar-refractivity contribution in [3.8, 4) is 0 Å². The maximum Gasteiger partial charge on any atom is 0.226 e. The number of rotatable bonds is 5. The van der Waals surface area contributed by atoms with Crippen molar-refractivity contribution >= 4 is 15.9 Å². The first-order valence-electron chi connectivity index (χ1n) is 6.88. The molecule has 1 amide bonds. The van der Waals surface area contributed by atoms with Gasteiger partial charge in [0, 0.05) is 19.6 Å². The van der Waals surface area contributed by atoms with E-state index in [-0.39, 0.29) is 17.1 Å². The summed E-state index contributed by atoms with van der Waals surface area (Å²) in [4.78, 5) is 11.9. The zero-order valence-electron chi connectivity index (χ0n) is 11.2. The maximum atomic E-state index is 11.9. The van der Waals surface area contributed by atoms with E-state index in [0.717, 1.165) is 18.4 Å². The first-order valence-corrected chi connectivity index (χ1v) is 8.38. The fraction of sp³-hybridized carbons (Fsp3) is 0.500. The van der Waals surface area contributed by atoms with Crippen LogP contribution in [0.25, 0.3) is 0 Å². The van der Waals surface area contributed by atoms with E-state index in [2.05, 4.69) is 5.32 Å². The highest BCUT2D eigenvalue weighted by atomic mass is 32.2. The van der Waals surface area contributed by atoms with Crippen LogP contribution in [0.3, 0.4) is 0 Å². The second kappa shape index (κ2) is 5.18. The molecule has 20 heavy (non-hydrogen) atoms. The Kier molecular flexibility index (Phi) is 3.52. The van der Waals surface area contributed by atoms with Crippen LogP contribution in [0.4, 0.5) is 0 Å². The largest absolute Gasteiger partial charge is 0.352 e. The van der Waals surface area contributed by atoms with Crippen molar-refractivity contribution in [3.63, 3.8) is 0 Å². The van der Waals surface area contributed by atoms with E-state index >= 15 is 0 Å². The second-order valence-electron chi connectivity index (χ2n) is 5.46. The average molecular weight is 294 g/mol. The Morgan fingerprint density at radius 3 is 2.45 bits per heavy atom. The van der Waals surface area contributed by atoms with Gasteiger partial charge in [0.2, 0.25) is 15.9 Å². The van der Waals surface area contributed by atoms with Crippen LogP contribution in [-0.4, -0.2) is 37.0 Å². The Labute approximate surface area is 119 Å². The molecule has 1 aromatic rings. The minimum absolute atomic E-state index is 0.0592. The molecular formula is C14H18N2O3S. The van der Waals surface area contributed by atoms with Gasteiger partial charge in [-0.2, -0.15) is 4.31 Å². The van der Waals surface area contributed by atoms with E-state index in [1.807, 2.05) is 30.3 Å². The summed E-state index contributed by atoms with van der Waals surface area (Å²) in [5.74, 6) is -0.261. The lowest BCUT2D eigenvalue weighted by molar-refractivity contribution is -0.128. The van der Waals surface area contributed by atoms with Crippen LogP contribution in [0.5, 0.6) is 0 Å². The van der Waals surface area contributed by atoms with Crippen LogP contribution in [0.15, 0.2) is 30.3 Å². The Morgan fingerprint density at radius 2 is 1.85 bits per heavy atom. The molecule has 0 aromatic heterocycles. The van der Waals surface area contributed by atoms with Crippen molar-refractivity contribution in [2.45, 2.75) is 24.6 Å². The standard InChI is InChI=1S/C14H18N2O3S/c17-14(15-8-11-4-2-1-3-5-11)12-9-16(10-12)20(18,19)13-6-7-13/h1-5,12-13H,6-10H2,(H,15,17). The summed E-state index contributed by atoms with van der Waals surface area (Å²) in [7, 11) is -3.11. The molecule has 0 unspecified atom stereocenters. The van der Waals surface area contributed by atoms with Crippen LogP contribution in [0, 0.1) is 5.92 Å². The molecule has 3 rings (SSSR count). The molecule has 0 atom stereocenters. The van der Waals surface area contributed by atoms with Crippen molar-refractivity contribution in [3.05, 3.63) is 35.9 Å². The fourth-order valence-corrected chi connectivity index (χ4v) is 4.25. The number of benzene rings is 1. The van der Waals surface area contributed by atoms with Gasteiger partial charge >= 0.3 is 0 Å². The van der Waals surface area contributed by atoms with E-state index < -0.39 is 10.0 Å². The number of carbonyl (C=O) groups is 1. The minimum atomic E-state index is -3.11. The monoisotopic (exact) mass is 294 g/mol. The van der Waals surface area contributed by atoms with E-state index in [0.29, 0.717) is 19.6 Å². The summed E-state index contributed by atoms with van der Waals surface area (Å²) in [5, 5.41) is 2.67. The molecular weight excluding hydrogens is 276 g/mol. The van der Waals surface area contributed by atoms with Crippen molar-refractivity contribution in [1.82, 2.24) is 9.62 Å². The normalized spacial score (nSPS) is 20.4. The molecule has 1 aliphatic carbocycles. The van der Waals surface area contributed by atoms with Gasteiger partial charge in [-0.05, 0) is 18.4 Å². The number of hydrogen-bond acceptors (Lipinski definition) is 3. The Morgan fingerprint density at radius 1 is 1.20 bits per heavy atom. The SMILES string of the molecule is O=C(NCc1ccccc1)C1CN(S(=O)(=O)C2CC2)C1.